The van der Waals surface area contributed by atoms with E-state index in [1.807, 2.05) is 0 Å². The van der Waals surface area contributed by atoms with E-state index < -0.39 is 36.1 Å². The highest BCUT2D eigenvalue weighted by molar-refractivity contribution is 5.93. The van der Waals surface area contributed by atoms with E-state index in [-0.39, 0.29) is 0 Å². The monoisotopic (exact) mass is 336 g/mol. The Kier molecular flexibility index (Phi) is 4.21. The lowest BCUT2D eigenvalue weighted by atomic mass is 10.3. The van der Waals surface area contributed by atoms with Gasteiger partial charge in [0.25, 0.3) is 5.91 Å². The molecule has 0 aliphatic carbocycles. The summed E-state index contributed by atoms with van der Waals surface area (Å²) in [6, 6.07) is 3.04. The van der Waals surface area contributed by atoms with Crippen LogP contribution >= 0.6 is 0 Å². The minimum atomic E-state index is -5.78. The second-order valence-corrected chi connectivity index (χ2v) is 4.35. The number of aromatic nitrogens is 3. The first-order valence-electron chi connectivity index (χ1n) is 5.99. The lowest BCUT2D eigenvalue weighted by molar-refractivity contribution is -0.290. The van der Waals surface area contributed by atoms with E-state index >= 15 is 0 Å². The molecular formula is C12H9F5N4O2. The third-order valence-corrected chi connectivity index (χ3v) is 2.65. The molecule has 0 aliphatic heterocycles. The van der Waals surface area contributed by atoms with Crippen molar-refractivity contribution in [2.75, 3.05) is 6.61 Å². The Morgan fingerprint density at radius 3 is 2.52 bits per heavy atom. The zero-order chi connectivity index (χ0) is 17.3. The molecule has 0 fully saturated rings. The number of rotatable bonds is 5. The van der Waals surface area contributed by atoms with Crippen molar-refractivity contribution in [3.8, 4) is 11.4 Å². The Labute approximate surface area is 125 Å². The van der Waals surface area contributed by atoms with Crippen LogP contribution in [0, 0.1) is 0 Å². The zero-order valence-electron chi connectivity index (χ0n) is 11.2. The number of alkyl halides is 5. The Morgan fingerprint density at radius 1 is 1.30 bits per heavy atom. The van der Waals surface area contributed by atoms with Crippen molar-refractivity contribution >= 4 is 5.91 Å². The largest absolute Gasteiger partial charge is 0.483 e. The van der Waals surface area contributed by atoms with Gasteiger partial charge in [0, 0.05) is 6.20 Å². The molecule has 2 rings (SSSR count). The fourth-order valence-corrected chi connectivity index (χ4v) is 1.51. The topological polar surface area (TPSA) is 83.0 Å². The summed E-state index contributed by atoms with van der Waals surface area (Å²) in [6.07, 6.45) is -2.04. The molecule has 0 spiro atoms. The Morgan fingerprint density at radius 2 is 2.00 bits per heavy atom. The quantitative estimate of drug-likeness (QED) is 0.846. The summed E-state index contributed by atoms with van der Waals surface area (Å²) in [4.78, 5) is 15.0. The van der Waals surface area contributed by atoms with Crippen molar-refractivity contribution in [2.45, 2.75) is 12.1 Å². The van der Waals surface area contributed by atoms with E-state index in [2.05, 4.69) is 14.8 Å². The van der Waals surface area contributed by atoms with Crippen LogP contribution in [-0.2, 0) is 0 Å². The van der Waals surface area contributed by atoms with Gasteiger partial charge in [-0.05, 0) is 12.1 Å². The van der Waals surface area contributed by atoms with Crippen molar-refractivity contribution < 1.29 is 31.5 Å². The van der Waals surface area contributed by atoms with E-state index in [9.17, 15) is 26.7 Å². The fraction of sp³-hybridized carbons (Fsp3) is 0.250. The highest BCUT2D eigenvalue weighted by Gasteiger charge is 2.58. The molecule has 0 saturated carbocycles. The van der Waals surface area contributed by atoms with Crippen LogP contribution in [0.15, 0.2) is 30.7 Å². The number of nitrogens with zero attached hydrogens (tertiary/aromatic N) is 3. The molecule has 0 aromatic carbocycles. The molecule has 0 saturated heterocycles. The van der Waals surface area contributed by atoms with Crippen molar-refractivity contribution in [1.82, 2.24) is 14.8 Å². The third-order valence-electron chi connectivity index (χ3n) is 2.65. The number of primary amides is 1. The van der Waals surface area contributed by atoms with Gasteiger partial charge in [0.15, 0.2) is 18.1 Å². The van der Waals surface area contributed by atoms with E-state index in [0.717, 1.165) is 10.9 Å². The average molecular weight is 336 g/mol. The summed E-state index contributed by atoms with van der Waals surface area (Å²) < 4.78 is 67.5. The first-order chi connectivity index (χ1) is 10.6. The van der Waals surface area contributed by atoms with Gasteiger partial charge in [-0.25, -0.2) is 4.68 Å². The normalized spacial score (nSPS) is 12.2. The van der Waals surface area contributed by atoms with Gasteiger partial charge in [0.05, 0.1) is 18.1 Å². The van der Waals surface area contributed by atoms with Crippen LogP contribution in [0.5, 0.6) is 5.75 Å². The first kappa shape index (κ1) is 16.6. The second-order valence-electron chi connectivity index (χ2n) is 4.35. The number of carbonyl (C=O) groups excluding carboxylic acids is 1. The fourth-order valence-electron chi connectivity index (χ4n) is 1.51. The van der Waals surface area contributed by atoms with Crippen LogP contribution in [-0.4, -0.2) is 39.4 Å². The summed E-state index contributed by atoms with van der Waals surface area (Å²) in [6.45, 7) is -2.00. The molecule has 6 nitrogen and oxygen atoms in total. The van der Waals surface area contributed by atoms with E-state index in [0.29, 0.717) is 5.69 Å². The number of carbonyl (C=O) groups is 1. The molecular weight excluding hydrogens is 327 g/mol. The van der Waals surface area contributed by atoms with Crippen LogP contribution in [0.25, 0.3) is 5.69 Å². The lowest BCUT2D eigenvalue weighted by Gasteiger charge is -2.19. The summed E-state index contributed by atoms with van der Waals surface area (Å²) in [7, 11) is 0. The van der Waals surface area contributed by atoms with Crippen LogP contribution < -0.4 is 10.5 Å². The molecule has 0 radical (unpaired) electrons. The van der Waals surface area contributed by atoms with Crippen molar-refractivity contribution in [3.05, 3.63) is 36.4 Å². The minimum Gasteiger partial charge on any atom is -0.483 e. The van der Waals surface area contributed by atoms with Gasteiger partial charge in [-0.2, -0.15) is 27.1 Å². The van der Waals surface area contributed by atoms with Crippen molar-refractivity contribution in [1.29, 1.82) is 0 Å². The average Bonchev–Trinajstić information content (AvgIpc) is 2.89. The molecule has 2 aromatic rings. The molecule has 2 heterocycles. The standard InChI is InChI=1S/C12H9F5N4O2/c13-11(14,12(15,16)17)6-23-8-5-21(20-9(8)10(18)22)7-2-1-3-19-4-7/h1-5H,6H2,(H2,18,22). The molecule has 23 heavy (non-hydrogen) atoms. The molecule has 0 aliphatic rings. The van der Waals surface area contributed by atoms with E-state index in [1.165, 1.54) is 24.5 Å². The molecule has 124 valence electrons. The Balaban J connectivity index is 2.28. The van der Waals surface area contributed by atoms with Crippen LogP contribution in [0.1, 0.15) is 10.5 Å². The highest BCUT2D eigenvalue weighted by atomic mass is 19.4. The van der Waals surface area contributed by atoms with Gasteiger partial charge >= 0.3 is 12.1 Å². The van der Waals surface area contributed by atoms with E-state index in [4.69, 9.17) is 5.73 Å². The van der Waals surface area contributed by atoms with Crippen molar-refractivity contribution in [2.24, 2.45) is 5.73 Å². The summed E-state index contributed by atoms with van der Waals surface area (Å²) >= 11 is 0. The number of amides is 1. The molecule has 0 unspecified atom stereocenters. The number of hydrogen-bond donors (Lipinski definition) is 1. The van der Waals surface area contributed by atoms with Gasteiger partial charge in [-0.3, -0.25) is 9.78 Å². The number of halogens is 5. The second kappa shape index (κ2) is 5.82. The van der Waals surface area contributed by atoms with E-state index in [1.54, 1.807) is 0 Å². The predicted molar refractivity (Wildman–Crippen MR) is 66.4 cm³/mol. The van der Waals surface area contributed by atoms with Gasteiger partial charge < -0.3 is 10.5 Å². The summed E-state index contributed by atoms with van der Waals surface area (Å²) in [5.41, 5.74) is 4.76. The van der Waals surface area contributed by atoms with Gasteiger partial charge in [0.2, 0.25) is 0 Å². The van der Waals surface area contributed by atoms with Crippen LogP contribution in [0.4, 0.5) is 22.0 Å². The minimum absolute atomic E-state index is 0.326. The lowest BCUT2D eigenvalue weighted by Crippen LogP contribution is -2.41. The first-order valence-corrected chi connectivity index (χ1v) is 5.99. The summed E-state index contributed by atoms with van der Waals surface area (Å²) in [5, 5.41) is 3.69. The van der Waals surface area contributed by atoms with Gasteiger partial charge in [-0.1, -0.05) is 0 Å². The number of ether oxygens (including phenoxy) is 1. The molecule has 2 aromatic heterocycles. The maximum absolute atomic E-state index is 12.9. The highest BCUT2D eigenvalue weighted by Crippen LogP contribution is 2.36. The summed E-state index contributed by atoms with van der Waals surface area (Å²) in [5.74, 6) is -6.82. The predicted octanol–water partition coefficient (Wildman–Crippen LogP) is 1.94. The maximum atomic E-state index is 12.9. The Bertz CT molecular complexity index is 699. The SMILES string of the molecule is NC(=O)c1nn(-c2cccnc2)cc1OCC(F)(F)C(F)(F)F. The van der Waals surface area contributed by atoms with Crippen LogP contribution in [0.2, 0.25) is 0 Å². The third kappa shape index (κ3) is 3.55. The zero-order valence-corrected chi connectivity index (χ0v) is 11.2. The number of hydrogen-bond acceptors (Lipinski definition) is 4. The molecule has 2 N–H and O–H groups in total. The molecule has 1 amide bonds. The van der Waals surface area contributed by atoms with Gasteiger partial charge in [-0.15, -0.1) is 0 Å². The van der Waals surface area contributed by atoms with Crippen LogP contribution in [0.3, 0.4) is 0 Å². The number of nitrogens with two attached hydrogens (primary N) is 1. The van der Waals surface area contributed by atoms with Gasteiger partial charge in [0.1, 0.15) is 0 Å². The maximum Gasteiger partial charge on any atom is 0.456 e. The van der Waals surface area contributed by atoms with Crippen molar-refractivity contribution in [3.63, 3.8) is 0 Å². The number of pyridine rings is 1. The Hall–Kier alpha value is -2.72. The smallest absolute Gasteiger partial charge is 0.456 e. The molecule has 11 heteroatoms. The molecule has 0 bridgehead atoms. The molecule has 0 atom stereocenters.